The number of imidazole rings is 1. The van der Waals surface area contributed by atoms with Crippen LogP contribution in [0.1, 0.15) is 18.7 Å². The van der Waals surface area contributed by atoms with Gasteiger partial charge in [0.2, 0.25) is 0 Å². The van der Waals surface area contributed by atoms with Crippen LogP contribution in [0.15, 0.2) is 103 Å². The number of carboxylic acids is 2. The van der Waals surface area contributed by atoms with Crippen LogP contribution >= 0.6 is 46.4 Å². The summed E-state index contributed by atoms with van der Waals surface area (Å²) in [5.41, 5.74) is 4.59. The number of rotatable bonds is 10. The van der Waals surface area contributed by atoms with Gasteiger partial charge in [0.05, 0.1) is 44.3 Å². The van der Waals surface area contributed by atoms with Crippen LogP contribution < -0.4 is 14.4 Å². The molecule has 0 bridgehead atoms. The van der Waals surface area contributed by atoms with Crippen molar-refractivity contribution in [2.45, 2.75) is 19.4 Å². The topological polar surface area (TPSA) is 89.9 Å². The summed E-state index contributed by atoms with van der Waals surface area (Å²) in [5, 5.41) is 20.6. The SMILES string of the molecule is O=C(O)CCN1C(=CC=Cc2n(-c3ccccc3)c3cc(Cl)c(Cl)cc3[n+]2CCC(=O)O)N(c2ccccc2)c2cc(Cl)c(Cl)cc21. The Balaban J connectivity index is 1.56. The van der Waals surface area contributed by atoms with Crippen LogP contribution in [-0.2, 0) is 16.1 Å². The van der Waals surface area contributed by atoms with Gasteiger partial charge in [0.15, 0.2) is 11.0 Å². The zero-order chi connectivity index (χ0) is 33.2. The first-order valence-corrected chi connectivity index (χ1v) is 16.1. The summed E-state index contributed by atoms with van der Waals surface area (Å²) in [6.07, 6.45) is 5.36. The summed E-state index contributed by atoms with van der Waals surface area (Å²) >= 11 is 25.9. The fourth-order valence-electron chi connectivity index (χ4n) is 5.71. The van der Waals surface area contributed by atoms with E-state index in [4.69, 9.17) is 46.4 Å². The van der Waals surface area contributed by atoms with Crippen molar-refractivity contribution in [3.8, 4) is 5.69 Å². The molecule has 1 aromatic heterocycles. The summed E-state index contributed by atoms with van der Waals surface area (Å²) in [7, 11) is 0. The minimum Gasteiger partial charge on any atom is -0.481 e. The minimum absolute atomic E-state index is 0.123. The van der Waals surface area contributed by atoms with Crippen LogP contribution in [0.2, 0.25) is 20.1 Å². The average molecular weight is 709 g/mol. The number of benzene rings is 4. The molecule has 0 atom stereocenters. The van der Waals surface area contributed by atoms with Crippen molar-refractivity contribution in [2.24, 2.45) is 0 Å². The normalized spacial score (nSPS) is 13.7. The highest BCUT2D eigenvalue weighted by molar-refractivity contribution is 6.43. The second-order valence-electron chi connectivity index (χ2n) is 10.7. The van der Waals surface area contributed by atoms with Crippen LogP contribution in [0.5, 0.6) is 0 Å². The molecule has 2 heterocycles. The molecule has 0 saturated carbocycles. The van der Waals surface area contributed by atoms with Crippen LogP contribution in [-0.4, -0.2) is 33.3 Å². The highest BCUT2D eigenvalue weighted by atomic mass is 35.5. The van der Waals surface area contributed by atoms with E-state index in [1.165, 1.54) is 0 Å². The van der Waals surface area contributed by atoms with Crippen molar-refractivity contribution in [3.05, 3.63) is 129 Å². The van der Waals surface area contributed by atoms with E-state index in [0.29, 0.717) is 42.9 Å². The Morgan fingerprint density at radius 1 is 0.723 bits per heavy atom. The van der Waals surface area contributed by atoms with Crippen molar-refractivity contribution in [2.75, 3.05) is 16.3 Å². The van der Waals surface area contributed by atoms with E-state index in [1.807, 2.05) is 97.8 Å². The molecule has 47 heavy (non-hydrogen) atoms. The van der Waals surface area contributed by atoms with Gasteiger partial charge in [-0.1, -0.05) is 88.9 Å². The summed E-state index contributed by atoms with van der Waals surface area (Å²) in [6.45, 7) is 0.340. The van der Waals surface area contributed by atoms with Crippen molar-refractivity contribution in [1.29, 1.82) is 0 Å². The summed E-state index contributed by atoms with van der Waals surface area (Å²) in [6, 6.07) is 26.3. The Morgan fingerprint density at radius 3 is 1.94 bits per heavy atom. The first-order valence-electron chi connectivity index (χ1n) is 14.6. The van der Waals surface area contributed by atoms with Gasteiger partial charge in [-0.3, -0.25) is 14.5 Å². The number of hydrogen-bond acceptors (Lipinski definition) is 4. The highest BCUT2D eigenvalue weighted by Gasteiger charge is 2.34. The number of para-hydroxylation sites is 2. The van der Waals surface area contributed by atoms with Crippen LogP contribution in [0.3, 0.4) is 0 Å². The molecular formula is C35H27Cl4N4O4+. The van der Waals surface area contributed by atoms with Crippen molar-refractivity contribution >= 4 is 92.5 Å². The molecule has 12 heteroatoms. The second kappa shape index (κ2) is 13.7. The Hall–Kier alpha value is -4.47. The average Bonchev–Trinajstić information content (AvgIpc) is 3.50. The standard InChI is InChI=1S/C35H26Cl4N4O4/c36-24-18-28-30(20-26(24)38)42(22-8-3-1-4-9-22)32(40(28)16-14-34(44)45)12-7-13-33-41(17-15-35(46)47)29-19-25(37)27(39)21-31(29)43(33)23-10-5-2-6-11-23/h1-13,18-21H,14-17H2,(H-,44,45,46,47)/p+1. The Bertz CT molecular complexity index is 2060. The number of carboxylic acid groups (broad SMARTS) is 2. The molecule has 0 spiro atoms. The molecule has 1 aliphatic heterocycles. The number of nitrogens with zero attached hydrogens (tertiary/aromatic N) is 4. The van der Waals surface area contributed by atoms with Crippen LogP contribution in [0, 0.1) is 0 Å². The molecule has 1 aliphatic rings. The van der Waals surface area contributed by atoms with Crippen molar-refractivity contribution in [3.63, 3.8) is 0 Å². The zero-order valence-electron chi connectivity index (χ0n) is 24.7. The third-order valence-electron chi connectivity index (χ3n) is 7.73. The lowest BCUT2D eigenvalue weighted by Gasteiger charge is -2.25. The maximum Gasteiger partial charge on any atom is 0.307 e. The van der Waals surface area contributed by atoms with E-state index >= 15 is 0 Å². The molecule has 0 saturated heterocycles. The van der Waals surface area contributed by atoms with E-state index in [-0.39, 0.29) is 25.9 Å². The first kappa shape index (κ1) is 32.5. The van der Waals surface area contributed by atoms with E-state index < -0.39 is 11.9 Å². The lowest BCUT2D eigenvalue weighted by molar-refractivity contribution is -0.672. The van der Waals surface area contributed by atoms with E-state index in [1.54, 1.807) is 24.3 Å². The molecule has 5 aromatic rings. The van der Waals surface area contributed by atoms with Gasteiger partial charge >= 0.3 is 11.9 Å². The number of aliphatic carboxylic acids is 2. The maximum absolute atomic E-state index is 11.7. The molecule has 238 valence electrons. The summed E-state index contributed by atoms with van der Waals surface area (Å²) in [5.74, 6) is -0.534. The van der Waals surface area contributed by atoms with Gasteiger partial charge in [-0.25, -0.2) is 4.57 Å². The van der Waals surface area contributed by atoms with Crippen molar-refractivity contribution < 1.29 is 24.4 Å². The van der Waals surface area contributed by atoms with Gasteiger partial charge in [0, 0.05) is 30.4 Å². The predicted molar refractivity (Wildman–Crippen MR) is 188 cm³/mol. The van der Waals surface area contributed by atoms with Gasteiger partial charge in [-0.15, -0.1) is 0 Å². The zero-order valence-corrected chi connectivity index (χ0v) is 27.7. The number of hydrogen-bond donors (Lipinski definition) is 2. The fraction of sp³-hybridized carbons (Fsp3) is 0.114. The predicted octanol–water partition coefficient (Wildman–Crippen LogP) is 8.99. The Labute approximate surface area is 290 Å². The van der Waals surface area contributed by atoms with E-state index in [0.717, 1.165) is 22.6 Å². The number of allylic oxidation sites excluding steroid dienone is 2. The summed E-state index contributed by atoms with van der Waals surface area (Å²) < 4.78 is 3.89. The van der Waals surface area contributed by atoms with Gasteiger partial charge in [0.1, 0.15) is 18.1 Å². The van der Waals surface area contributed by atoms with E-state index in [9.17, 15) is 19.8 Å². The third kappa shape index (κ3) is 6.55. The number of fused-ring (bicyclic) bond motifs is 2. The molecule has 0 radical (unpaired) electrons. The largest absolute Gasteiger partial charge is 0.481 e. The number of carbonyl (C=O) groups is 2. The lowest BCUT2D eigenvalue weighted by atomic mass is 10.2. The quantitative estimate of drug-likeness (QED) is 0.141. The maximum atomic E-state index is 11.7. The molecule has 8 nitrogen and oxygen atoms in total. The molecule has 0 fully saturated rings. The summed E-state index contributed by atoms with van der Waals surface area (Å²) in [4.78, 5) is 27.3. The Kier molecular flexibility index (Phi) is 9.47. The smallest absolute Gasteiger partial charge is 0.307 e. The van der Waals surface area contributed by atoms with Crippen LogP contribution in [0.25, 0.3) is 22.8 Å². The highest BCUT2D eigenvalue weighted by Crippen LogP contribution is 2.49. The van der Waals surface area contributed by atoms with Crippen molar-refractivity contribution in [1.82, 2.24) is 4.57 Å². The fourth-order valence-corrected chi connectivity index (χ4v) is 6.34. The second-order valence-corrected chi connectivity index (χ2v) is 12.3. The van der Waals surface area contributed by atoms with Gasteiger partial charge < -0.3 is 15.1 Å². The monoisotopic (exact) mass is 707 g/mol. The molecular weight excluding hydrogens is 682 g/mol. The molecule has 0 unspecified atom stereocenters. The number of aromatic nitrogens is 2. The molecule has 2 N–H and O–H groups in total. The van der Waals surface area contributed by atoms with E-state index in [2.05, 4.69) is 0 Å². The third-order valence-corrected chi connectivity index (χ3v) is 9.17. The number of aryl methyl sites for hydroxylation is 1. The number of anilines is 3. The van der Waals surface area contributed by atoms with Gasteiger partial charge in [-0.2, -0.15) is 4.57 Å². The first-order chi connectivity index (χ1) is 22.6. The minimum atomic E-state index is -0.941. The Morgan fingerprint density at radius 2 is 1.30 bits per heavy atom. The molecule has 0 aliphatic carbocycles. The molecule has 6 rings (SSSR count). The molecule has 4 aromatic carbocycles. The molecule has 0 amide bonds. The van der Waals surface area contributed by atoms with Gasteiger partial charge in [-0.05, 0) is 42.5 Å². The lowest BCUT2D eigenvalue weighted by Crippen LogP contribution is -2.37. The van der Waals surface area contributed by atoms with Gasteiger partial charge in [0.25, 0.3) is 5.82 Å². The van der Waals surface area contributed by atoms with Crippen LogP contribution in [0.4, 0.5) is 17.1 Å². The number of halogens is 4.